The molecule has 1 unspecified atom stereocenters. The third kappa shape index (κ3) is 6.31. The number of aromatic nitrogens is 2. The Kier molecular flexibility index (Phi) is 7.61. The topological polar surface area (TPSA) is 223 Å². The zero-order valence-corrected chi connectivity index (χ0v) is 20.6. The first-order valence-electron chi connectivity index (χ1n) is 11.5. The van der Waals surface area contributed by atoms with Crippen molar-refractivity contribution >= 4 is 57.6 Å². The van der Waals surface area contributed by atoms with Crippen LogP contribution in [-0.2, 0) is 9.59 Å². The molecule has 6 N–H and O–H groups in total. The number of carboxylic acids is 2. The Bertz CT molecular complexity index is 1720. The number of azo groups is 1. The van der Waals surface area contributed by atoms with Crippen LogP contribution < -0.4 is 16.3 Å². The normalized spacial score (nSPS) is 11.7. The number of amides is 2. The van der Waals surface area contributed by atoms with Crippen LogP contribution in [0.5, 0.6) is 0 Å². The smallest absolute Gasteiger partial charge is 0.335 e. The molecule has 202 valence electrons. The van der Waals surface area contributed by atoms with Gasteiger partial charge in [-0.3, -0.25) is 14.4 Å². The first kappa shape index (κ1) is 27.1. The second-order valence-corrected chi connectivity index (χ2v) is 8.47. The number of nitrogens with one attached hydrogen (secondary N) is 4. The summed E-state index contributed by atoms with van der Waals surface area (Å²) in [6.45, 7) is 1.18. The first-order chi connectivity index (χ1) is 19.0. The molecule has 4 rings (SSSR count). The van der Waals surface area contributed by atoms with Gasteiger partial charge in [0.05, 0.1) is 27.8 Å². The molecule has 40 heavy (non-hydrogen) atoms. The third-order valence-electron chi connectivity index (χ3n) is 5.52. The summed E-state index contributed by atoms with van der Waals surface area (Å²) in [5.74, 6) is -4.68. The predicted octanol–water partition coefficient (Wildman–Crippen LogP) is 3.18. The number of anilines is 2. The van der Waals surface area contributed by atoms with Crippen LogP contribution >= 0.6 is 0 Å². The van der Waals surface area contributed by atoms with Gasteiger partial charge in [0.15, 0.2) is 5.78 Å². The van der Waals surface area contributed by atoms with Gasteiger partial charge in [0, 0.05) is 16.9 Å². The molecule has 0 aliphatic carbocycles. The maximum absolute atomic E-state index is 12.7. The van der Waals surface area contributed by atoms with E-state index in [4.69, 9.17) is 0 Å². The van der Waals surface area contributed by atoms with Gasteiger partial charge in [-0.25, -0.2) is 14.4 Å². The number of H-pyrrole nitrogens is 2. The zero-order chi connectivity index (χ0) is 29.0. The molecule has 0 radical (unpaired) electrons. The van der Waals surface area contributed by atoms with Crippen molar-refractivity contribution in [3.05, 3.63) is 87.8 Å². The summed E-state index contributed by atoms with van der Waals surface area (Å²) in [6.07, 6.45) is 0. The largest absolute Gasteiger partial charge is 0.478 e. The van der Waals surface area contributed by atoms with Crippen molar-refractivity contribution in [2.45, 2.75) is 13.0 Å². The van der Waals surface area contributed by atoms with Gasteiger partial charge in [-0.2, -0.15) is 10.2 Å². The van der Waals surface area contributed by atoms with Crippen LogP contribution in [0.15, 0.2) is 75.7 Å². The van der Waals surface area contributed by atoms with Gasteiger partial charge < -0.3 is 30.8 Å². The first-order valence-corrected chi connectivity index (χ1v) is 11.5. The standard InChI is InChI=1S/C26H20N6O8/c1-12(33)21(23(35)27-17-6-7-19-20(11-17)30-26(40)29-19)32-31-16-4-2-13(3-5-16)22(34)28-18-9-14(24(36)37)8-15(10-18)25(38)39/h2-11,21H,1H3,(H,27,35)(H,28,34)(H,36,37)(H,38,39)(H2,29,30,40). The quantitative estimate of drug-likeness (QED) is 0.135. The van der Waals surface area contributed by atoms with Gasteiger partial charge in [-0.1, -0.05) is 0 Å². The summed E-state index contributed by atoms with van der Waals surface area (Å²) in [4.78, 5) is 76.4. The number of aromatic amines is 2. The van der Waals surface area contributed by atoms with Gasteiger partial charge in [0.1, 0.15) is 0 Å². The second kappa shape index (κ2) is 11.2. The number of Topliss-reactive ketones (excluding diaryl/α,β-unsaturated/α-hetero) is 1. The number of hydrogen-bond donors (Lipinski definition) is 6. The SMILES string of the molecule is CC(=O)C(N=Nc1ccc(C(=O)Nc2cc(C(=O)O)cc(C(=O)O)c2)cc1)C(=O)Nc1ccc2[nH]c(=O)[nH]c2c1. The van der Waals surface area contributed by atoms with E-state index in [9.17, 15) is 39.0 Å². The van der Waals surface area contributed by atoms with Crippen molar-refractivity contribution < 1.29 is 34.2 Å². The van der Waals surface area contributed by atoms with Crippen LogP contribution in [0.2, 0.25) is 0 Å². The molecule has 14 heteroatoms. The van der Waals surface area contributed by atoms with E-state index >= 15 is 0 Å². The van der Waals surface area contributed by atoms with Crippen molar-refractivity contribution in [1.29, 1.82) is 0 Å². The highest BCUT2D eigenvalue weighted by Crippen LogP contribution is 2.20. The fourth-order valence-corrected chi connectivity index (χ4v) is 3.59. The lowest BCUT2D eigenvalue weighted by molar-refractivity contribution is -0.126. The molecule has 0 fully saturated rings. The molecular weight excluding hydrogens is 524 g/mol. The van der Waals surface area contributed by atoms with Crippen LogP contribution in [0.25, 0.3) is 11.0 Å². The molecule has 14 nitrogen and oxygen atoms in total. The molecule has 2 amide bonds. The number of aromatic carboxylic acids is 2. The Morgan fingerprint density at radius 3 is 1.98 bits per heavy atom. The van der Waals surface area contributed by atoms with Crippen LogP contribution in [0.4, 0.5) is 17.1 Å². The van der Waals surface area contributed by atoms with E-state index in [1.54, 1.807) is 12.1 Å². The number of rotatable bonds is 9. The monoisotopic (exact) mass is 544 g/mol. The molecule has 1 aromatic heterocycles. The van der Waals surface area contributed by atoms with Gasteiger partial charge in [-0.05, 0) is 67.6 Å². The lowest BCUT2D eigenvalue weighted by Gasteiger charge is -2.10. The maximum atomic E-state index is 12.7. The minimum absolute atomic E-state index is 0.0246. The van der Waals surface area contributed by atoms with Crippen LogP contribution in [0, 0.1) is 0 Å². The molecule has 0 aliphatic heterocycles. The van der Waals surface area contributed by atoms with Gasteiger partial charge in [-0.15, -0.1) is 0 Å². The molecule has 3 aromatic carbocycles. The second-order valence-electron chi connectivity index (χ2n) is 8.47. The summed E-state index contributed by atoms with van der Waals surface area (Å²) in [5.41, 5.74) is 0.643. The lowest BCUT2D eigenvalue weighted by atomic mass is 10.1. The molecular formula is C26H20N6O8. The number of imidazole rings is 1. The van der Waals surface area contributed by atoms with E-state index in [0.717, 1.165) is 18.2 Å². The minimum Gasteiger partial charge on any atom is -0.478 e. The van der Waals surface area contributed by atoms with E-state index in [1.807, 2.05) is 0 Å². The molecule has 0 saturated carbocycles. The van der Waals surface area contributed by atoms with Crippen molar-refractivity contribution in [3.63, 3.8) is 0 Å². The van der Waals surface area contributed by atoms with Crippen molar-refractivity contribution in [2.75, 3.05) is 10.6 Å². The predicted molar refractivity (Wildman–Crippen MR) is 141 cm³/mol. The summed E-state index contributed by atoms with van der Waals surface area (Å²) in [7, 11) is 0. The Hall–Kier alpha value is -5.92. The molecule has 0 saturated heterocycles. The molecule has 0 bridgehead atoms. The van der Waals surface area contributed by atoms with Crippen LogP contribution in [-0.4, -0.2) is 55.8 Å². The van der Waals surface area contributed by atoms with E-state index < -0.39 is 41.3 Å². The summed E-state index contributed by atoms with van der Waals surface area (Å²) < 4.78 is 0. The van der Waals surface area contributed by atoms with Gasteiger partial charge >= 0.3 is 17.6 Å². The van der Waals surface area contributed by atoms with Gasteiger partial charge in [0.2, 0.25) is 6.04 Å². The Balaban J connectivity index is 1.44. The van der Waals surface area contributed by atoms with E-state index in [1.165, 1.54) is 37.3 Å². The molecule has 1 heterocycles. The van der Waals surface area contributed by atoms with E-state index in [-0.39, 0.29) is 28.1 Å². The molecule has 0 aliphatic rings. The Morgan fingerprint density at radius 2 is 1.38 bits per heavy atom. The summed E-state index contributed by atoms with van der Waals surface area (Å²) in [5, 5.41) is 31.1. The Labute approximate surface area is 223 Å². The van der Waals surface area contributed by atoms with Crippen molar-refractivity contribution in [3.8, 4) is 0 Å². The fraction of sp³-hybridized carbons (Fsp3) is 0.0769. The maximum Gasteiger partial charge on any atom is 0.335 e. The zero-order valence-electron chi connectivity index (χ0n) is 20.6. The average Bonchev–Trinajstić information content (AvgIpc) is 3.27. The number of carbonyl (C=O) groups excluding carboxylic acids is 3. The number of hydrogen-bond acceptors (Lipinski definition) is 8. The highest BCUT2D eigenvalue weighted by molar-refractivity contribution is 6.10. The molecule has 1 atom stereocenters. The molecule has 4 aromatic rings. The van der Waals surface area contributed by atoms with E-state index in [2.05, 4.69) is 30.8 Å². The fourth-order valence-electron chi connectivity index (χ4n) is 3.59. The van der Waals surface area contributed by atoms with Crippen molar-refractivity contribution in [2.24, 2.45) is 10.2 Å². The number of fused-ring (bicyclic) bond motifs is 1. The number of ketones is 1. The average molecular weight is 544 g/mol. The number of carboxylic acid groups (broad SMARTS) is 2. The lowest BCUT2D eigenvalue weighted by Crippen LogP contribution is -2.31. The van der Waals surface area contributed by atoms with E-state index in [0.29, 0.717) is 16.7 Å². The number of carbonyl (C=O) groups is 5. The molecule has 0 spiro atoms. The van der Waals surface area contributed by atoms with Gasteiger partial charge in [0.25, 0.3) is 11.8 Å². The Morgan fingerprint density at radius 1 is 0.750 bits per heavy atom. The summed E-state index contributed by atoms with van der Waals surface area (Å²) >= 11 is 0. The summed E-state index contributed by atoms with van der Waals surface area (Å²) in [6, 6.07) is 11.9. The van der Waals surface area contributed by atoms with Crippen LogP contribution in [0.1, 0.15) is 38.0 Å². The number of nitrogens with zero attached hydrogens (tertiary/aromatic N) is 2. The third-order valence-corrected chi connectivity index (χ3v) is 5.52. The highest BCUT2D eigenvalue weighted by atomic mass is 16.4. The number of benzene rings is 3. The van der Waals surface area contributed by atoms with Crippen molar-refractivity contribution in [1.82, 2.24) is 9.97 Å². The highest BCUT2D eigenvalue weighted by Gasteiger charge is 2.23. The van der Waals surface area contributed by atoms with Crippen LogP contribution in [0.3, 0.4) is 0 Å². The minimum atomic E-state index is -1.46.